The van der Waals surface area contributed by atoms with Gasteiger partial charge in [0.1, 0.15) is 0 Å². The molecule has 0 aliphatic rings. The van der Waals surface area contributed by atoms with Crippen LogP contribution in [0.2, 0.25) is 0 Å². The lowest BCUT2D eigenvalue weighted by Crippen LogP contribution is -2.02. The summed E-state index contributed by atoms with van der Waals surface area (Å²) in [5.74, 6) is 0.574. The van der Waals surface area contributed by atoms with Crippen molar-refractivity contribution in [1.29, 1.82) is 0 Å². The summed E-state index contributed by atoms with van der Waals surface area (Å²) in [4.78, 5) is 11.4. The predicted molar refractivity (Wildman–Crippen MR) is 63.1 cm³/mol. The normalized spacial score (nSPS) is 11.1. The Morgan fingerprint density at radius 1 is 1.47 bits per heavy atom. The molecule has 1 N–H and O–H groups in total. The van der Waals surface area contributed by atoms with Gasteiger partial charge in [-0.15, -0.1) is 0 Å². The highest BCUT2D eigenvalue weighted by Crippen LogP contribution is 2.15. The van der Waals surface area contributed by atoms with Crippen molar-refractivity contribution in [3.63, 3.8) is 0 Å². The zero-order valence-electron chi connectivity index (χ0n) is 9.04. The number of nitrogens with one attached hydrogen (secondary N) is 1. The Hall–Kier alpha value is -2.02. The van der Waals surface area contributed by atoms with Crippen molar-refractivity contribution < 1.29 is 4.52 Å². The van der Waals surface area contributed by atoms with Crippen LogP contribution in [0.4, 0.5) is 0 Å². The lowest BCUT2D eigenvalue weighted by Gasteiger charge is -1.99. The molecule has 3 heterocycles. The van der Waals surface area contributed by atoms with Crippen LogP contribution in [-0.2, 0) is 6.54 Å². The van der Waals surface area contributed by atoms with Crippen molar-refractivity contribution in [2.45, 2.75) is 13.5 Å². The molecule has 0 amide bonds. The first-order valence-electron chi connectivity index (χ1n) is 5.05. The molecule has 17 heavy (non-hydrogen) atoms. The minimum absolute atomic E-state index is 0.450. The van der Waals surface area contributed by atoms with E-state index in [9.17, 15) is 0 Å². The minimum Gasteiger partial charge on any atom is -0.343 e. The number of imidazole rings is 1. The van der Waals surface area contributed by atoms with E-state index in [4.69, 9.17) is 16.7 Å². The molecular weight excluding hydrogens is 238 g/mol. The number of nitrogens with zero attached hydrogens (tertiary/aromatic N) is 4. The van der Waals surface area contributed by atoms with Gasteiger partial charge in [0.15, 0.2) is 16.2 Å². The van der Waals surface area contributed by atoms with Gasteiger partial charge >= 0.3 is 0 Å². The van der Waals surface area contributed by atoms with Crippen molar-refractivity contribution in [3.8, 4) is 0 Å². The van der Waals surface area contributed by atoms with E-state index in [2.05, 4.69) is 20.1 Å². The largest absolute Gasteiger partial charge is 0.343 e. The Labute approximate surface area is 101 Å². The zero-order valence-corrected chi connectivity index (χ0v) is 9.86. The Balaban J connectivity index is 2.19. The second kappa shape index (κ2) is 3.77. The topological polar surface area (TPSA) is 72.5 Å². The smallest absolute Gasteiger partial charge is 0.213 e. The number of fused-ring (bicyclic) bond motifs is 1. The molecular formula is C10H9N5OS. The fourth-order valence-electron chi connectivity index (χ4n) is 1.72. The minimum atomic E-state index is 0.450. The maximum absolute atomic E-state index is 5.27. The summed E-state index contributed by atoms with van der Waals surface area (Å²) in [6.45, 7) is 2.46. The monoisotopic (exact) mass is 247 g/mol. The summed E-state index contributed by atoms with van der Waals surface area (Å²) in [5.41, 5.74) is 2.86. The van der Waals surface area contributed by atoms with E-state index in [0.29, 0.717) is 17.1 Å². The van der Waals surface area contributed by atoms with Crippen molar-refractivity contribution in [2.24, 2.45) is 0 Å². The third kappa shape index (κ3) is 1.64. The van der Waals surface area contributed by atoms with Crippen LogP contribution in [0.5, 0.6) is 0 Å². The van der Waals surface area contributed by atoms with Crippen LogP contribution in [0.3, 0.4) is 0 Å². The Morgan fingerprint density at radius 2 is 2.35 bits per heavy atom. The van der Waals surface area contributed by atoms with E-state index < -0.39 is 0 Å². The zero-order chi connectivity index (χ0) is 11.8. The van der Waals surface area contributed by atoms with Gasteiger partial charge < -0.3 is 9.51 Å². The number of H-pyrrole nitrogens is 1. The quantitative estimate of drug-likeness (QED) is 0.699. The number of pyridine rings is 1. The average Bonchev–Trinajstić information content (AvgIpc) is 2.91. The highest BCUT2D eigenvalue weighted by atomic mass is 32.1. The van der Waals surface area contributed by atoms with Gasteiger partial charge in [-0.05, 0) is 30.8 Å². The summed E-state index contributed by atoms with van der Waals surface area (Å²) in [5, 5.41) is 3.77. The van der Waals surface area contributed by atoms with Crippen molar-refractivity contribution in [3.05, 3.63) is 34.8 Å². The summed E-state index contributed by atoms with van der Waals surface area (Å²) < 4.78 is 7.15. The molecule has 3 aromatic rings. The summed E-state index contributed by atoms with van der Waals surface area (Å²) in [6.07, 6.45) is 3.06. The number of aryl methyl sites for hydroxylation is 1. The van der Waals surface area contributed by atoms with Gasteiger partial charge in [-0.25, -0.2) is 4.98 Å². The maximum Gasteiger partial charge on any atom is 0.213 e. The molecule has 0 unspecified atom stereocenters. The van der Waals surface area contributed by atoms with Crippen molar-refractivity contribution >= 4 is 23.4 Å². The van der Waals surface area contributed by atoms with E-state index in [0.717, 1.165) is 16.7 Å². The number of rotatable bonds is 2. The molecule has 0 radical (unpaired) electrons. The Morgan fingerprint density at radius 3 is 3.12 bits per heavy atom. The third-order valence-corrected chi connectivity index (χ3v) is 2.90. The summed E-state index contributed by atoms with van der Waals surface area (Å²) in [7, 11) is 0. The van der Waals surface area contributed by atoms with Crippen LogP contribution >= 0.6 is 12.2 Å². The SMILES string of the molecule is Cc1ccnc2c1[nH]c(=S)n2Cc1ncon1. The van der Waals surface area contributed by atoms with Gasteiger partial charge in [0.2, 0.25) is 6.39 Å². The number of hydrogen-bond donors (Lipinski definition) is 1. The van der Waals surface area contributed by atoms with Crippen molar-refractivity contribution in [1.82, 2.24) is 24.7 Å². The van der Waals surface area contributed by atoms with E-state index in [1.165, 1.54) is 6.39 Å². The summed E-state index contributed by atoms with van der Waals surface area (Å²) >= 11 is 5.27. The van der Waals surface area contributed by atoms with Crippen LogP contribution in [0.15, 0.2) is 23.2 Å². The Kier molecular flexibility index (Phi) is 2.25. The summed E-state index contributed by atoms with van der Waals surface area (Å²) in [6, 6.07) is 1.94. The Bertz CT molecular complexity index is 712. The van der Waals surface area contributed by atoms with Gasteiger partial charge in [-0.3, -0.25) is 4.57 Å². The lowest BCUT2D eigenvalue weighted by molar-refractivity contribution is 0.408. The van der Waals surface area contributed by atoms with E-state index >= 15 is 0 Å². The first-order chi connectivity index (χ1) is 8.25. The predicted octanol–water partition coefficient (Wildman–Crippen LogP) is 1.83. The molecule has 86 valence electrons. The van der Waals surface area contributed by atoms with Gasteiger partial charge in [0.25, 0.3) is 0 Å². The molecule has 0 atom stereocenters. The molecule has 6 nitrogen and oxygen atoms in total. The molecule has 0 aromatic carbocycles. The van der Waals surface area contributed by atoms with Crippen LogP contribution in [0.1, 0.15) is 11.4 Å². The molecule has 0 spiro atoms. The molecule has 0 fully saturated rings. The van der Waals surface area contributed by atoms with Crippen molar-refractivity contribution in [2.75, 3.05) is 0 Å². The molecule has 3 rings (SSSR count). The number of aromatic amines is 1. The standard InChI is InChI=1S/C10H9N5OS/c1-6-2-3-11-9-8(6)13-10(17)15(9)4-7-12-5-16-14-7/h2-3,5H,4H2,1H3,(H,13,17). The second-order valence-electron chi connectivity index (χ2n) is 3.69. The molecule has 0 saturated heterocycles. The average molecular weight is 247 g/mol. The van der Waals surface area contributed by atoms with Gasteiger partial charge in [0, 0.05) is 6.20 Å². The molecule has 0 aliphatic carbocycles. The molecule has 0 bridgehead atoms. The van der Waals surface area contributed by atoms with E-state index in [1.807, 2.05) is 17.6 Å². The van der Waals surface area contributed by atoms with E-state index in [1.54, 1.807) is 6.20 Å². The number of hydrogen-bond acceptors (Lipinski definition) is 5. The lowest BCUT2D eigenvalue weighted by atomic mass is 10.3. The van der Waals surface area contributed by atoms with Crippen LogP contribution < -0.4 is 0 Å². The van der Waals surface area contributed by atoms with Gasteiger partial charge in [-0.1, -0.05) is 5.16 Å². The van der Waals surface area contributed by atoms with E-state index in [-0.39, 0.29) is 0 Å². The van der Waals surface area contributed by atoms with Crippen LogP contribution in [-0.4, -0.2) is 24.7 Å². The van der Waals surface area contributed by atoms with Crippen LogP contribution in [0, 0.1) is 11.7 Å². The highest BCUT2D eigenvalue weighted by Gasteiger charge is 2.09. The molecule has 7 heteroatoms. The van der Waals surface area contributed by atoms with Gasteiger partial charge in [0.05, 0.1) is 12.1 Å². The fraction of sp³-hybridized carbons (Fsp3) is 0.200. The number of aromatic nitrogens is 5. The first kappa shape index (κ1) is 10.2. The second-order valence-corrected chi connectivity index (χ2v) is 4.08. The third-order valence-electron chi connectivity index (χ3n) is 2.58. The maximum atomic E-state index is 5.27. The molecule has 0 aliphatic heterocycles. The van der Waals surface area contributed by atoms with Gasteiger partial charge in [-0.2, -0.15) is 4.98 Å². The van der Waals surface area contributed by atoms with Crippen LogP contribution in [0.25, 0.3) is 11.2 Å². The molecule has 0 saturated carbocycles. The molecule has 3 aromatic heterocycles. The highest BCUT2D eigenvalue weighted by molar-refractivity contribution is 7.71. The first-order valence-corrected chi connectivity index (χ1v) is 5.46. The fourth-order valence-corrected chi connectivity index (χ4v) is 1.98.